The van der Waals surface area contributed by atoms with Gasteiger partial charge in [-0.3, -0.25) is 4.79 Å². The van der Waals surface area contributed by atoms with Crippen molar-refractivity contribution in [1.82, 2.24) is 15.3 Å². The van der Waals surface area contributed by atoms with Crippen LogP contribution < -0.4 is 10.1 Å². The van der Waals surface area contributed by atoms with Crippen LogP contribution in [0.1, 0.15) is 48.0 Å². The normalized spacial score (nSPS) is 12.1. The molecule has 208 valence electrons. The first-order chi connectivity index (χ1) is 18.1. The van der Waals surface area contributed by atoms with Gasteiger partial charge in [-0.1, -0.05) is 24.3 Å². The Kier molecular flexibility index (Phi) is 8.51. The number of hydrogen-bond acceptors (Lipinski definition) is 6. The highest BCUT2D eigenvalue weighted by Gasteiger charge is 2.38. The molecule has 1 heterocycles. The molecule has 1 N–H and O–H groups in total. The van der Waals surface area contributed by atoms with Gasteiger partial charge < -0.3 is 14.8 Å². The van der Waals surface area contributed by atoms with Crippen LogP contribution in [0.15, 0.2) is 54.7 Å². The monoisotopic (exact) mass is 555 g/mol. The summed E-state index contributed by atoms with van der Waals surface area (Å²) >= 11 is 0. The van der Waals surface area contributed by atoms with Gasteiger partial charge in [0.1, 0.15) is 5.75 Å². The second-order valence-corrected chi connectivity index (χ2v) is 8.69. The van der Waals surface area contributed by atoms with E-state index in [0.717, 1.165) is 12.1 Å². The molecule has 0 bridgehead atoms. The van der Waals surface area contributed by atoms with Gasteiger partial charge in [-0.25, -0.2) is 14.8 Å². The SMILES string of the molecule is CCOC(=O)C(C)(C)Oc1ccc(CNC(=O)c2cnc(-c3ccc(C(F)(F)F)cc3)nc2C(F)(F)F)cc1. The van der Waals surface area contributed by atoms with E-state index in [4.69, 9.17) is 9.47 Å². The van der Waals surface area contributed by atoms with Crippen LogP contribution in [0.2, 0.25) is 0 Å². The van der Waals surface area contributed by atoms with Crippen LogP contribution >= 0.6 is 0 Å². The summed E-state index contributed by atoms with van der Waals surface area (Å²) in [5.41, 5.74) is -4.20. The zero-order valence-corrected chi connectivity index (χ0v) is 20.9. The fraction of sp³-hybridized carbons (Fsp3) is 0.308. The van der Waals surface area contributed by atoms with Crippen molar-refractivity contribution in [3.05, 3.63) is 77.1 Å². The first kappa shape index (κ1) is 29.4. The predicted octanol–water partition coefficient (Wildman–Crippen LogP) is 5.83. The van der Waals surface area contributed by atoms with Crippen LogP contribution in [-0.4, -0.2) is 34.1 Å². The molecule has 0 spiro atoms. The number of ether oxygens (including phenoxy) is 2. The lowest BCUT2D eigenvalue weighted by atomic mass is 10.1. The number of amides is 1. The Balaban J connectivity index is 1.74. The largest absolute Gasteiger partial charge is 0.476 e. The standard InChI is InChI=1S/C26H23F6N3O4/c1-4-38-23(37)24(2,3)39-18-11-5-15(6-12-18)13-34-22(36)19-14-33-21(35-20(19)26(30,31)32)16-7-9-17(10-8-16)25(27,28)29/h5-12,14H,4,13H2,1-3H3,(H,34,36). The van der Waals surface area contributed by atoms with E-state index in [0.29, 0.717) is 29.6 Å². The molecule has 1 aromatic heterocycles. The molecule has 7 nitrogen and oxygen atoms in total. The molecule has 2 aromatic carbocycles. The number of esters is 1. The first-order valence-corrected chi connectivity index (χ1v) is 11.5. The second-order valence-electron chi connectivity index (χ2n) is 8.69. The third-order valence-electron chi connectivity index (χ3n) is 5.29. The van der Waals surface area contributed by atoms with Crippen molar-refractivity contribution in [3.63, 3.8) is 0 Å². The zero-order valence-electron chi connectivity index (χ0n) is 20.9. The van der Waals surface area contributed by atoms with Gasteiger partial charge >= 0.3 is 18.3 Å². The second kappa shape index (κ2) is 11.3. The average Bonchev–Trinajstić information content (AvgIpc) is 2.87. The van der Waals surface area contributed by atoms with Crippen molar-refractivity contribution in [2.45, 2.75) is 45.3 Å². The molecule has 0 saturated carbocycles. The molecule has 13 heteroatoms. The Morgan fingerprint density at radius 2 is 1.51 bits per heavy atom. The number of aromatic nitrogens is 2. The van der Waals surface area contributed by atoms with Crippen LogP contribution in [0.4, 0.5) is 26.3 Å². The van der Waals surface area contributed by atoms with E-state index in [1.54, 1.807) is 19.1 Å². The van der Waals surface area contributed by atoms with Crippen molar-refractivity contribution < 1.29 is 45.4 Å². The molecule has 3 aromatic rings. The molecule has 1 amide bonds. The molecule has 39 heavy (non-hydrogen) atoms. The molecule has 0 saturated heterocycles. The summed E-state index contributed by atoms with van der Waals surface area (Å²) in [7, 11) is 0. The van der Waals surface area contributed by atoms with E-state index in [-0.39, 0.29) is 18.7 Å². The molecule has 0 radical (unpaired) electrons. The highest BCUT2D eigenvalue weighted by atomic mass is 19.4. The lowest BCUT2D eigenvalue weighted by Crippen LogP contribution is -2.39. The van der Waals surface area contributed by atoms with Crippen LogP contribution in [0.5, 0.6) is 5.75 Å². The Bertz CT molecular complexity index is 1320. The first-order valence-electron chi connectivity index (χ1n) is 11.5. The molecule has 0 aliphatic heterocycles. The number of carbonyl (C=O) groups excluding carboxylic acids is 2. The van der Waals surface area contributed by atoms with Crippen molar-refractivity contribution in [3.8, 4) is 17.1 Å². The smallest absolute Gasteiger partial charge is 0.434 e. The Morgan fingerprint density at radius 1 is 0.897 bits per heavy atom. The summed E-state index contributed by atoms with van der Waals surface area (Å²) in [6.07, 6.45) is -8.99. The van der Waals surface area contributed by atoms with Crippen LogP contribution in [-0.2, 0) is 28.4 Å². The number of nitrogens with zero attached hydrogens (tertiary/aromatic N) is 2. The van der Waals surface area contributed by atoms with Gasteiger partial charge in [-0.2, -0.15) is 26.3 Å². The Labute approximate surface area is 219 Å². The lowest BCUT2D eigenvalue weighted by molar-refractivity contribution is -0.158. The molecular formula is C26H23F6N3O4. The van der Waals surface area contributed by atoms with Crippen molar-refractivity contribution in [1.29, 1.82) is 0 Å². The Hall–Kier alpha value is -4.16. The maximum atomic E-state index is 13.7. The molecule has 0 fully saturated rings. The van der Waals surface area contributed by atoms with Gasteiger partial charge in [0.05, 0.1) is 17.7 Å². The third-order valence-corrected chi connectivity index (χ3v) is 5.29. The zero-order chi connectivity index (χ0) is 29.0. The average molecular weight is 555 g/mol. The third kappa shape index (κ3) is 7.45. The maximum absolute atomic E-state index is 13.7. The number of alkyl halides is 6. The van der Waals surface area contributed by atoms with Gasteiger partial charge in [0.2, 0.25) is 0 Å². The molecule has 3 rings (SSSR count). The fourth-order valence-corrected chi connectivity index (χ4v) is 3.31. The summed E-state index contributed by atoms with van der Waals surface area (Å²) in [6, 6.07) is 9.41. The minimum Gasteiger partial charge on any atom is -0.476 e. The van der Waals surface area contributed by atoms with Crippen LogP contribution in [0.25, 0.3) is 11.4 Å². The predicted molar refractivity (Wildman–Crippen MR) is 126 cm³/mol. The highest BCUT2D eigenvalue weighted by Crippen LogP contribution is 2.33. The molecule has 0 aliphatic carbocycles. The van der Waals surface area contributed by atoms with E-state index in [2.05, 4.69) is 15.3 Å². The fourth-order valence-electron chi connectivity index (χ4n) is 3.31. The molecular weight excluding hydrogens is 532 g/mol. The molecule has 0 aliphatic rings. The number of nitrogens with one attached hydrogen (secondary N) is 1. The van der Waals surface area contributed by atoms with E-state index < -0.39 is 52.5 Å². The minimum atomic E-state index is -5.04. The number of carbonyl (C=O) groups is 2. The highest BCUT2D eigenvalue weighted by molar-refractivity contribution is 5.95. The van der Waals surface area contributed by atoms with Gasteiger partial charge in [-0.15, -0.1) is 0 Å². The summed E-state index contributed by atoms with van der Waals surface area (Å²) in [5.74, 6) is -1.83. The van der Waals surface area contributed by atoms with Crippen LogP contribution in [0.3, 0.4) is 0 Å². The van der Waals surface area contributed by atoms with Crippen molar-refractivity contribution >= 4 is 11.9 Å². The lowest BCUT2D eigenvalue weighted by Gasteiger charge is -2.24. The van der Waals surface area contributed by atoms with Gasteiger partial charge in [0.15, 0.2) is 17.1 Å². The van der Waals surface area contributed by atoms with Gasteiger partial charge in [0.25, 0.3) is 5.91 Å². The maximum Gasteiger partial charge on any atom is 0.434 e. The molecule has 0 atom stereocenters. The van der Waals surface area contributed by atoms with E-state index in [9.17, 15) is 35.9 Å². The number of hydrogen-bond donors (Lipinski definition) is 1. The summed E-state index contributed by atoms with van der Waals surface area (Å²) in [6.45, 7) is 4.75. The number of halogens is 6. The van der Waals surface area contributed by atoms with Crippen molar-refractivity contribution in [2.75, 3.05) is 6.61 Å². The van der Waals surface area contributed by atoms with Gasteiger partial charge in [0, 0.05) is 18.3 Å². The van der Waals surface area contributed by atoms with E-state index >= 15 is 0 Å². The summed E-state index contributed by atoms with van der Waals surface area (Å²) < 4.78 is 90.0. The summed E-state index contributed by atoms with van der Waals surface area (Å²) in [5, 5.41) is 2.35. The Morgan fingerprint density at radius 3 is 2.05 bits per heavy atom. The van der Waals surface area contributed by atoms with E-state index in [1.165, 1.54) is 26.0 Å². The number of benzene rings is 2. The van der Waals surface area contributed by atoms with E-state index in [1.807, 2.05) is 0 Å². The van der Waals surface area contributed by atoms with Gasteiger partial charge in [-0.05, 0) is 50.6 Å². The number of rotatable bonds is 8. The summed E-state index contributed by atoms with van der Waals surface area (Å²) in [4.78, 5) is 31.7. The molecule has 0 unspecified atom stereocenters. The van der Waals surface area contributed by atoms with Crippen molar-refractivity contribution in [2.24, 2.45) is 0 Å². The minimum absolute atomic E-state index is 0.0890. The quantitative estimate of drug-likeness (QED) is 0.278. The topological polar surface area (TPSA) is 90.4 Å². The van der Waals surface area contributed by atoms with Crippen LogP contribution in [0, 0.1) is 0 Å².